The minimum atomic E-state index is -1.09. The van der Waals surface area contributed by atoms with Gasteiger partial charge >= 0.3 is 6.03 Å². The fourth-order valence-corrected chi connectivity index (χ4v) is 2.72. The standard InChI is InChI=1S/C13H17N3O2/c1-9-4-2-5-10(8-9)13(11(14)17)6-3-7-16(13)12(15)18/h2,4-5,8H,3,6-7H2,1H3,(H2,14,17)(H2,15,18). The fourth-order valence-electron chi connectivity index (χ4n) is 2.72. The van der Waals surface area contributed by atoms with Crippen LogP contribution in [0.5, 0.6) is 0 Å². The summed E-state index contributed by atoms with van der Waals surface area (Å²) in [7, 11) is 0. The summed E-state index contributed by atoms with van der Waals surface area (Å²) in [6, 6.07) is 6.88. The van der Waals surface area contributed by atoms with Gasteiger partial charge in [0.2, 0.25) is 5.91 Å². The van der Waals surface area contributed by atoms with E-state index in [1.165, 1.54) is 4.90 Å². The molecule has 0 saturated carbocycles. The van der Waals surface area contributed by atoms with Crippen molar-refractivity contribution in [3.8, 4) is 0 Å². The molecule has 5 nitrogen and oxygen atoms in total. The number of hydrogen-bond acceptors (Lipinski definition) is 2. The number of rotatable bonds is 2. The number of primary amides is 2. The zero-order chi connectivity index (χ0) is 13.3. The van der Waals surface area contributed by atoms with E-state index in [9.17, 15) is 9.59 Å². The molecule has 0 aromatic heterocycles. The SMILES string of the molecule is Cc1cccc(C2(C(N)=O)CCCN2C(N)=O)c1. The minimum absolute atomic E-state index is 0.464. The zero-order valence-corrected chi connectivity index (χ0v) is 10.3. The average molecular weight is 247 g/mol. The van der Waals surface area contributed by atoms with Crippen LogP contribution in [0.2, 0.25) is 0 Å². The Kier molecular flexibility index (Phi) is 2.98. The molecule has 0 bridgehead atoms. The molecule has 1 aromatic carbocycles. The topological polar surface area (TPSA) is 89.4 Å². The number of benzene rings is 1. The van der Waals surface area contributed by atoms with E-state index < -0.39 is 17.5 Å². The lowest BCUT2D eigenvalue weighted by Gasteiger charge is -2.35. The highest BCUT2D eigenvalue weighted by molar-refractivity contribution is 5.91. The third-order valence-electron chi connectivity index (χ3n) is 3.55. The van der Waals surface area contributed by atoms with Crippen LogP contribution < -0.4 is 11.5 Å². The molecule has 4 N–H and O–H groups in total. The molecule has 1 aliphatic rings. The predicted molar refractivity (Wildman–Crippen MR) is 67.6 cm³/mol. The molecule has 0 spiro atoms. The molecular formula is C13H17N3O2. The molecule has 5 heteroatoms. The van der Waals surface area contributed by atoms with E-state index in [0.717, 1.165) is 17.5 Å². The number of nitrogens with two attached hydrogens (primary N) is 2. The molecule has 1 atom stereocenters. The predicted octanol–water partition coefficient (Wildman–Crippen LogP) is 0.850. The highest BCUT2D eigenvalue weighted by Gasteiger charge is 2.49. The van der Waals surface area contributed by atoms with Gasteiger partial charge in [0.05, 0.1) is 0 Å². The highest BCUT2D eigenvalue weighted by Crippen LogP contribution is 2.38. The maximum Gasteiger partial charge on any atom is 0.315 e. The van der Waals surface area contributed by atoms with E-state index in [1.807, 2.05) is 31.2 Å². The van der Waals surface area contributed by atoms with Gasteiger partial charge in [-0.05, 0) is 25.3 Å². The molecule has 0 radical (unpaired) electrons. The molecule has 1 heterocycles. The third kappa shape index (κ3) is 1.72. The Bertz CT molecular complexity index is 501. The summed E-state index contributed by atoms with van der Waals surface area (Å²) in [5.41, 5.74) is 11.6. The smallest absolute Gasteiger partial charge is 0.315 e. The molecule has 1 unspecified atom stereocenters. The molecule has 2 rings (SSSR count). The van der Waals surface area contributed by atoms with Crippen LogP contribution in [0.15, 0.2) is 24.3 Å². The van der Waals surface area contributed by atoms with Crippen molar-refractivity contribution in [1.29, 1.82) is 0 Å². The monoisotopic (exact) mass is 247 g/mol. The van der Waals surface area contributed by atoms with Crippen molar-refractivity contribution in [3.63, 3.8) is 0 Å². The van der Waals surface area contributed by atoms with Gasteiger partial charge in [0, 0.05) is 6.54 Å². The lowest BCUT2D eigenvalue weighted by molar-refractivity contribution is -0.127. The molecule has 3 amide bonds. The summed E-state index contributed by atoms with van der Waals surface area (Å²) in [6.07, 6.45) is 1.24. The van der Waals surface area contributed by atoms with Crippen molar-refractivity contribution in [1.82, 2.24) is 4.90 Å². The van der Waals surface area contributed by atoms with Crippen LogP contribution in [-0.2, 0) is 10.3 Å². The number of amides is 3. The van der Waals surface area contributed by atoms with Crippen LogP contribution in [-0.4, -0.2) is 23.4 Å². The van der Waals surface area contributed by atoms with Gasteiger partial charge in [-0.25, -0.2) is 4.79 Å². The van der Waals surface area contributed by atoms with E-state index >= 15 is 0 Å². The van der Waals surface area contributed by atoms with Crippen molar-refractivity contribution in [2.24, 2.45) is 11.5 Å². The lowest BCUT2D eigenvalue weighted by atomic mass is 9.85. The third-order valence-corrected chi connectivity index (χ3v) is 3.55. The van der Waals surface area contributed by atoms with Crippen LogP contribution in [0.3, 0.4) is 0 Å². The summed E-state index contributed by atoms with van der Waals surface area (Å²) in [5.74, 6) is -0.524. The summed E-state index contributed by atoms with van der Waals surface area (Å²) in [5, 5.41) is 0. The fraction of sp³-hybridized carbons (Fsp3) is 0.385. The van der Waals surface area contributed by atoms with Gasteiger partial charge < -0.3 is 16.4 Å². The first-order chi connectivity index (χ1) is 8.48. The first-order valence-corrected chi connectivity index (χ1v) is 5.92. The molecule has 0 aliphatic carbocycles. The molecule has 1 aliphatic heterocycles. The molecular weight excluding hydrogens is 230 g/mol. The van der Waals surface area contributed by atoms with Crippen LogP contribution in [0.25, 0.3) is 0 Å². The van der Waals surface area contributed by atoms with Gasteiger partial charge in [0.1, 0.15) is 5.54 Å². The van der Waals surface area contributed by atoms with Gasteiger partial charge in [-0.15, -0.1) is 0 Å². The van der Waals surface area contributed by atoms with Gasteiger partial charge in [-0.2, -0.15) is 0 Å². The van der Waals surface area contributed by atoms with E-state index in [1.54, 1.807) is 0 Å². The van der Waals surface area contributed by atoms with E-state index in [0.29, 0.717) is 13.0 Å². The number of nitrogens with zero attached hydrogens (tertiary/aromatic N) is 1. The van der Waals surface area contributed by atoms with Crippen molar-refractivity contribution in [3.05, 3.63) is 35.4 Å². The first kappa shape index (κ1) is 12.4. The van der Waals surface area contributed by atoms with Gasteiger partial charge in [-0.3, -0.25) is 4.79 Å². The number of hydrogen-bond donors (Lipinski definition) is 2. The van der Waals surface area contributed by atoms with Gasteiger partial charge in [0.25, 0.3) is 0 Å². The number of aryl methyl sites for hydroxylation is 1. The summed E-state index contributed by atoms with van der Waals surface area (Å²) < 4.78 is 0. The molecule has 18 heavy (non-hydrogen) atoms. The quantitative estimate of drug-likeness (QED) is 0.811. The second kappa shape index (κ2) is 4.33. The Balaban J connectivity index is 2.57. The molecule has 1 fully saturated rings. The maximum atomic E-state index is 11.9. The largest absolute Gasteiger partial charge is 0.367 e. The van der Waals surface area contributed by atoms with Crippen LogP contribution in [0, 0.1) is 6.92 Å². The second-order valence-electron chi connectivity index (χ2n) is 4.69. The van der Waals surface area contributed by atoms with Crippen LogP contribution in [0.1, 0.15) is 24.0 Å². The lowest BCUT2D eigenvalue weighted by Crippen LogP contribution is -2.55. The van der Waals surface area contributed by atoms with Crippen molar-refractivity contribution < 1.29 is 9.59 Å². The number of carbonyl (C=O) groups excluding carboxylic acids is 2. The van der Waals surface area contributed by atoms with Crippen molar-refractivity contribution >= 4 is 11.9 Å². The van der Waals surface area contributed by atoms with Gasteiger partial charge in [-0.1, -0.05) is 29.8 Å². The Morgan fingerprint density at radius 3 is 2.61 bits per heavy atom. The van der Waals surface area contributed by atoms with E-state index in [4.69, 9.17) is 11.5 Å². The van der Waals surface area contributed by atoms with Crippen LogP contribution in [0.4, 0.5) is 4.79 Å². The molecule has 96 valence electrons. The van der Waals surface area contributed by atoms with Crippen molar-refractivity contribution in [2.45, 2.75) is 25.3 Å². The Morgan fingerprint density at radius 1 is 1.33 bits per heavy atom. The number of likely N-dealkylation sites (tertiary alicyclic amines) is 1. The maximum absolute atomic E-state index is 11.9. The van der Waals surface area contributed by atoms with Gasteiger partial charge in [0.15, 0.2) is 0 Å². The summed E-state index contributed by atoms with van der Waals surface area (Å²) >= 11 is 0. The molecule has 1 aromatic rings. The normalized spacial score (nSPS) is 23.1. The Morgan fingerprint density at radius 2 is 2.06 bits per heavy atom. The minimum Gasteiger partial charge on any atom is -0.367 e. The zero-order valence-electron chi connectivity index (χ0n) is 10.3. The van der Waals surface area contributed by atoms with E-state index in [2.05, 4.69) is 0 Å². The highest BCUT2D eigenvalue weighted by atomic mass is 16.2. The average Bonchev–Trinajstić information content (AvgIpc) is 2.74. The Hall–Kier alpha value is -2.04. The summed E-state index contributed by atoms with van der Waals surface area (Å²) in [4.78, 5) is 24.8. The molecule has 1 saturated heterocycles. The summed E-state index contributed by atoms with van der Waals surface area (Å²) in [6.45, 7) is 2.40. The number of urea groups is 1. The van der Waals surface area contributed by atoms with E-state index in [-0.39, 0.29) is 0 Å². The van der Waals surface area contributed by atoms with Crippen LogP contribution >= 0.6 is 0 Å². The first-order valence-electron chi connectivity index (χ1n) is 5.92. The number of carbonyl (C=O) groups is 2. The van der Waals surface area contributed by atoms with Crippen molar-refractivity contribution in [2.75, 3.05) is 6.54 Å². The Labute approximate surface area is 106 Å². The second-order valence-corrected chi connectivity index (χ2v) is 4.69.